The molecule has 0 nitrogen and oxygen atoms in total. The Morgan fingerprint density at radius 3 is 2.22 bits per heavy atom. The molecule has 0 saturated carbocycles. The number of alkyl halides is 2. The zero-order valence-electron chi connectivity index (χ0n) is 9.70. The van der Waals surface area contributed by atoms with Gasteiger partial charge in [0.2, 0.25) is 0 Å². The van der Waals surface area contributed by atoms with Gasteiger partial charge in [0.1, 0.15) is 0 Å². The molecule has 96 valence electrons. The summed E-state index contributed by atoms with van der Waals surface area (Å²) in [5.74, 6) is 0. The first-order valence-corrected chi connectivity index (χ1v) is 9.15. The molecule has 1 aromatic carbocycles. The van der Waals surface area contributed by atoms with Gasteiger partial charge in [0, 0.05) is 21.1 Å². The number of halogens is 3. The Bertz CT molecular complexity index is 475. The van der Waals surface area contributed by atoms with Crippen LogP contribution in [0, 0.1) is 0 Å². The SMILES string of the molecule is Clc1ccc(C(CBr)(CBr)Cc2ccsc2)cc1. The molecule has 0 radical (unpaired) electrons. The highest BCUT2D eigenvalue weighted by molar-refractivity contribution is 9.09. The van der Waals surface area contributed by atoms with Crippen LogP contribution >= 0.6 is 54.8 Å². The highest BCUT2D eigenvalue weighted by Crippen LogP contribution is 2.34. The summed E-state index contributed by atoms with van der Waals surface area (Å²) >= 11 is 15.1. The van der Waals surface area contributed by atoms with Crippen LogP contribution in [0.1, 0.15) is 11.1 Å². The molecule has 0 aliphatic rings. The highest BCUT2D eigenvalue weighted by atomic mass is 79.9. The Morgan fingerprint density at radius 1 is 1.06 bits per heavy atom. The standard InChI is InChI=1S/C14H13Br2ClS/c15-9-14(10-16,7-11-5-6-18-8-11)12-1-3-13(17)4-2-12/h1-6,8H,7,9-10H2. The van der Waals surface area contributed by atoms with Crippen LogP contribution < -0.4 is 0 Å². The lowest BCUT2D eigenvalue weighted by Gasteiger charge is -2.30. The molecule has 0 aliphatic carbocycles. The fourth-order valence-corrected chi connectivity index (χ4v) is 4.74. The minimum absolute atomic E-state index is 0.0751. The molecule has 0 N–H and O–H groups in total. The zero-order valence-corrected chi connectivity index (χ0v) is 14.4. The van der Waals surface area contributed by atoms with Gasteiger partial charge in [-0.2, -0.15) is 11.3 Å². The molecular formula is C14H13Br2ClS. The summed E-state index contributed by atoms with van der Waals surface area (Å²) < 4.78 is 0. The molecule has 0 saturated heterocycles. The lowest BCUT2D eigenvalue weighted by Crippen LogP contribution is -2.32. The van der Waals surface area contributed by atoms with Crippen LogP contribution in [0.5, 0.6) is 0 Å². The van der Waals surface area contributed by atoms with Gasteiger partial charge in [0.05, 0.1) is 0 Å². The third-order valence-corrected chi connectivity index (χ3v) is 6.22. The van der Waals surface area contributed by atoms with Crippen LogP contribution in [0.2, 0.25) is 5.02 Å². The normalized spacial score (nSPS) is 11.7. The monoisotopic (exact) mass is 406 g/mol. The van der Waals surface area contributed by atoms with Crippen molar-refractivity contribution in [2.45, 2.75) is 11.8 Å². The average molecular weight is 409 g/mol. The second kappa shape index (κ2) is 6.56. The van der Waals surface area contributed by atoms with Gasteiger partial charge in [0.25, 0.3) is 0 Å². The smallest absolute Gasteiger partial charge is 0.0406 e. The predicted octanol–water partition coefficient (Wildman–Crippen LogP) is 5.67. The van der Waals surface area contributed by atoms with Crippen molar-refractivity contribution in [3.63, 3.8) is 0 Å². The third kappa shape index (κ3) is 3.19. The Balaban J connectivity index is 2.33. The lowest BCUT2D eigenvalue weighted by atomic mass is 9.79. The molecular weight excluding hydrogens is 395 g/mol. The van der Waals surface area contributed by atoms with Gasteiger partial charge in [-0.25, -0.2) is 0 Å². The van der Waals surface area contributed by atoms with Crippen molar-refractivity contribution in [1.29, 1.82) is 0 Å². The molecule has 0 atom stereocenters. The second-order valence-corrected chi connectivity index (χ2v) is 6.70. The number of thiophene rings is 1. The quantitative estimate of drug-likeness (QED) is 0.559. The van der Waals surface area contributed by atoms with Crippen LogP contribution in [-0.4, -0.2) is 10.7 Å². The fourth-order valence-electron chi connectivity index (χ4n) is 1.97. The first-order valence-electron chi connectivity index (χ1n) is 5.59. The first kappa shape index (κ1) is 14.6. The van der Waals surface area contributed by atoms with Gasteiger partial charge in [-0.3, -0.25) is 0 Å². The summed E-state index contributed by atoms with van der Waals surface area (Å²) in [4.78, 5) is 0. The maximum atomic E-state index is 5.97. The van der Waals surface area contributed by atoms with E-state index >= 15 is 0 Å². The average Bonchev–Trinajstić information content (AvgIpc) is 2.90. The summed E-state index contributed by atoms with van der Waals surface area (Å²) in [6.45, 7) is 0. The van der Waals surface area contributed by atoms with Crippen molar-refractivity contribution in [2.24, 2.45) is 0 Å². The summed E-state index contributed by atoms with van der Waals surface area (Å²) in [7, 11) is 0. The van der Waals surface area contributed by atoms with Gasteiger partial charge >= 0.3 is 0 Å². The number of benzene rings is 1. The fraction of sp³-hybridized carbons (Fsp3) is 0.286. The van der Waals surface area contributed by atoms with E-state index in [2.05, 4.69) is 60.8 Å². The minimum atomic E-state index is 0.0751. The first-order chi connectivity index (χ1) is 8.70. The Kier molecular flexibility index (Phi) is 5.31. The Hall–Kier alpha value is 0.170. The van der Waals surface area contributed by atoms with E-state index < -0.39 is 0 Å². The van der Waals surface area contributed by atoms with E-state index in [1.807, 2.05) is 12.1 Å². The van der Waals surface area contributed by atoms with Crippen molar-refractivity contribution in [3.05, 3.63) is 57.2 Å². The van der Waals surface area contributed by atoms with Gasteiger partial charge in [-0.1, -0.05) is 55.6 Å². The van der Waals surface area contributed by atoms with Gasteiger partial charge in [-0.15, -0.1) is 0 Å². The second-order valence-electron chi connectivity index (χ2n) is 4.36. The molecule has 1 heterocycles. The van der Waals surface area contributed by atoms with Crippen molar-refractivity contribution in [1.82, 2.24) is 0 Å². The predicted molar refractivity (Wildman–Crippen MR) is 88.7 cm³/mol. The summed E-state index contributed by atoms with van der Waals surface area (Å²) in [5, 5.41) is 6.97. The van der Waals surface area contributed by atoms with Crippen LogP contribution in [-0.2, 0) is 11.8 Å². The maximum Gasteiger partial charge on any atom is 0.0406 e. The van der Waals surface area contributed by atoms with E-state index in [9.17, 15) is 0 Å². The minimum Gasteiger partial charge on any atom is -0.152 e. The molecule has 0 unspecified atom stereocenters. The van der Waals surface area contributed by atoms with E-state index in [4.69, 9.17) is 11.6 Å². The lowest BCUT2D eigenvalue weighted by molar-refractivity contribution is 0.552. The molecule has 18 heavy (non-hydrogen) atoms. The summed E-state index contributed by atoms with van der Waals surface area (Å²) in [6, 6.07) is 10.4. The van der Waals surface area contributed by atoms with E-state index in [-0.39, 0.29) is 5.41 Å². The Labute approximate surface area is 134 Å². The molecule has 0 spiro atoms. The van der Waals surface area contributed by atoms with Gasteiger partial charge < -0.3 is 0 Å². The van der Waals surface area contributed by atoms with Gasteiger partial charge in [0.15, 0.2) is 0 Å². The third-order valence-electron chi connectivity index (χ3n) is 3.09. The van der Waals surface area contributed by atoms with Crippen molar-refractivity contribution < 1.29 is 0 Å². The largest absolute Gasteiger partial charge is 0.152 e. The molecule has 2 aromatic rings. The summed E-state index contributed by atoms with van der Waals surface area (Å²) in [6.07, 6.45) is 1.02. The van der Waals surface area contributed by atoms with Crippen LogP contribution in [0.15, 0.2) is 41.1 Å². The maximum absolute atomic E-state index is 5.97. The number of hydrogen-bond donors (Lipinski definition) is 0. The topological polar surface area (TPSA) is 0 Å². The molecule has 0 bridgehead atoms. The van der Waals surface area contributed by atoms with Gasteiger partial charge in [-0.05, 0) is 46.5 Å². The zero-order chi connectivity index (χ0) is 13.0. The van der Waals surface area contributed by atoms with Crippen LogP contribution in [0.4, 0.5) is 0 Å². The summed E-state index contributed by atoms with van der Waals surface area (Å²) in [5.41, 5.74) is 2.77. The molecule has 0 aliphatic heterocycles. The number of rotatable bonds is 5. The van der Waals surface area contributed by atoms with E-state index in [1.165, 1.54) is 11.1 Å². The highest BCUT2D eigenvalue weighted by Gasteiger charge is 2.30. The molecule has 0 amide bonds. The van der Waals surface area contributed by atoms with Crippen molar-refractivity contribution >= 4 is 54.8 Å². The van der Waals surface area contributed by atoms with E-state index in [1.54, 1.807) is 11.3 Å². The van der Waals surface area contributed by atoms with E-state index in [0.29, 0.717) is 0 Å². The molecule has 0 fully saturated rings. The Morgan fingerprint density at radius 2 is 1.72 bits per heavy atom. The number of hydrogen-bond acceptors (Lipinski definition) is 1. The van der Waals surface area contributed by atoms with Crippen LogP contribution in [0.25, 0.3) is 0 Å². The molecule has 2 rings (SSSR count). The molecule has 1 aromatic heterocycles. The van der Waals surface area contributed by atoms with E-state index in [0.717, 1.165) is 22.1 Å². The van der Waals surface area contributed by atoms with Crippen molar-refractivity contribution in [2.75, 3.05) is 10.7 Å². The van der Waals surface area contributed by atoms with Crippen molar-refractivity contribution in [3.8, 4) is 0 Å². The van der Waals surface area contributed by atoms with Crippen LogP contribution in [0.3, 0.4) is 0 Å². The molecule has 4 heteroatoms.